The molecule has 0 unspecified atom stereocenters. The van der Waals surface area contributed by atoms with E-state index < -0.39 is 0 Å². The Balaban J connectivity index is 0.00000261. The van der Waals surface area contributed by atoms with Crippen LogP contribution in [0.25, 0.3) is 23.0 Å². The largest absolute Gasteiger partial charge is 0.493 e. The zero-order valence-electron chi connectivity index (χ0n) is 14.9. The van der Waals surface area contributed by atoms with Crippen LogP contribution < -0.4 is 15.2 Å². The lowest BCUT2D eigenvalue weighted by Crippen LogP contribution is -1.92. The number of nitrogens with two attached hydrogens (primary N) is 1. The third-order valence-corrected chi connectivity index (χ3v) is 3.90. The number of nitrogen functional groups attached to an aromatic ring is 1. The Hall–Kier alpha value is -3.36. The average Bonchev–Trinajstić information content (AvgIpc) is 3.14. The quantitative estimate of drug-likeness (QED) is 0.494. The van der Waals surface area contributed by atoms with Crippen LogP contribution >= 0.6 is 12.4 Å². The molecule has 0 aliphatic heterocycles. The summed E-state index contributed by atoms with van der Waals surface area (Å²) < 4.78 is 16.4. The van der Waals surface area contributed by atoms with Gasteiger partial charge < -0.3 is 19.6 Å². The van der Waals surface area contributed by atoms with Crippen LogP contribution in [-0.2, 0) is 0 Å². The lowest BCUT2D eigenvalue weighted by molar-refractivity contribution is 0.355. The standard InChI is InChI=1S/C21H18N2O3.ClH/c1-24-20-8-6-14(12-21(20)25-2)16(13-22)11-18-7-9-19(26-18)15-4-3-5-17(23)10-15;/h3-12H,23H2,1-2H3;1H. The molecule has 27 heavy (non-hydrogen) atoms. The second-order valence-corrected chi connectivity index (χ2v) is 5.57. The Bertz CT molecular complexity index is 1000. The van der Waals surface area contributed by atoms with Gasteiger partial charge in [0.25, 0.3) is 0 Å². The van der Waals surface area contributed by atoms with E-state index in [1.54, 1.807) is 38.5 Å². The highest BCUT2D eigenvalue weighted by Gasteiger charge is 2.10. The molecule has 1 aromatic heterocycles. The summed E-state index contributed by atoms with van der Waals surface area (Å²) in [5.74, 6) is 2.43. The van der Waals surface area contributed by atoms with Crippen LogP contribution in [0, 0.1) is 11.3 Å². The van der Waals surface area contributed by atoms with Crippen LogP contribution in [0.2, 0.25) is 0 Å². The topological polar surface area (TPSA) is 81.4 Å². The molecule has 2 N–H and O–H groups in total. The zero-order valence-corrected chi connectivity index (χ0v) is 15.7. The van der Waals surface area contributed by atoms with E-state index in [0.717, 1.165) is 5.56 Å². The molecule has 0 aliphatic carbocycles. The molecule has 0 saturated heterocycles. The zero-order chi connectivity index (χ0) is 18.5. The van der Waals surface area contributed by atoms with Crippen molar-refractivity contribution in [3.8, 4) is 28.9 Å². The Kier molecular flexibility index (Phi) is 6.53. The second-order valence-electron chi connectivity index (χ2n) is 5.57. The molecule has 2 aromatic carbocycles. The van der Waals surface area contributed by atoms with Crippen molar-refractivity contribution < 1.29 is 13.9 Å². The monoisotopic (exact) mass is 382 g/mol. The van der Waals surface area contributed by atoms with E-state index in [-0.39, 0.29) is 12.4 Å². The van der Waals surface area contributed by atoms with Gasteiger partial charge >= 0.3 is 0 Å². The van der Waals surface area contributed by atoms with Crippen LogP contribution in [0.1, 0.15) is 11.3 Å². The number of ether oxygens (including phenoxy) is 2. The summed E-state index contributed by atoms with van der Waals surface area (Å²) in [6.07, 6.45) is 1.69. The van der Waals surface area contributed by atoms with Gasteiger partial charge in [-0.1, -0.05) is 12.1 Å². The smallest absolute Gasteiger partial charge is 0.161 e. The number of benzene rings is 2. The lowest BCUT2D eigenvalue weighted by Gasteiger charge is -2.08. The number of methoxy groups -OCH3 is 2. The van der Waals surface area contributed by atoms with Crippen molar-refractivity contribution >= 4 is 29.7 Å². The van der Waals surface area contributed by atoms with Crippen molar-refractivity contribution in [3.05, 3.63) is 65.9 Å². The summed E-state index contributed by atoms with van der Waals surface area (Å²) in [6.45, 7) is 0. The van der Waals surface area contributed by atoms with Crippen molar-refractivity contribution in [1.29, 1.82) is 5.26 Å². The summed E-state index contributed by atoms with van der Waals surface area (Å²) in [7, 11) is 3.13. The van der Waals surface area contributed by atoms with Crippen LogP contribution in [0.3, 0.4) is 0 Å². The molecule has 0 spiro atoms. The van der Waals surface area contributed by atoms with Crippen LogP contribution in [0.4, 0.5) is 5.69 Å². The number of nitriles is 1. The minimum Gasteiger partial charge on any atom is -0.493 e. The number of nitrogens with zero attached hydrogens (tertiary/aromatic N) is 1. The Morgan fingerprint density at radius 1 is 1.04 bits per heavy atom. The van der Waals surface area contributed by atoms with Gasteiger partial charge in [-0.2, -0.15) is 5.26 Å². The summed E-state index contributed by atoms with van der Waals surface area (Å²) >= 11 is 0. The van der Waals surface area contributed by atoms with Crippen LogP contribution in [0.5, 0.6) is 11.5 Å². The van der Waals surface area contributed by atoms with E-state index in [2.05, 4.69) is 6.07 Å². The molecule has 138 valence electrons. The van der Waals surface area contributed by atoms with Crippen molar-refractivity contribution in [2.45, 2.75) is 0 Å². The summed E-state index contributed by atoms with van der Waals surface area (Å²) in [5.41, 5.74) is 8.54. The highest BCUT2D eigenvalue weighted by Crippen LogP contribution is 2.31. The highest BCUT2D eigenvalue weighted by molar-refractivity contribution is 5.89. The summed E-state index contributed by atoms with van der Waals surface area (Å²) in [5, 5.41) is 9.54. The van der Waals surface area contributed by atoms with Gasteiger partial charge in [-0.15, -0.1) is 12.4 Å². The number of furan rings is 1. The first-order valence-corrected chi connectivity index (χ1v) is 7.94. The van der Waals surface area contributed by atoms with Gasteiger partial charge in [0.05, 0.1) is 25.9 Å². The molecule has 0 atom stereocenters. The Morgan fingerprint density at radius 3 is 2.48 bits per heavy atom. The molecular weight excluding hydrogens is 364 g/mol. The maximum absolute atomic E-state index is 9.54. The van der Waals surface area contributed by atoms with Crippen molar-refractivity contribution in [2.75, 3.05) is 20.0 Å². The predicted octanol–water partition coefficient (Wildman–Crippen LogP) is 5.03. The molecule has 0 radical (unpaired) electrons. The minimum absolute atomic E-state index is 0. The minimum atomic E-state index is 0. The van der Waals surface area contributed by atoms with E-state index in [9.17, 15) is 5.26 Å². The maximum atomic E-state index is 9.54. The molecule has 6 heteroatoms. The molecule has 0 saturated carbocycles. The third kappa shape index (κ3) is 4.43. The average molecular weight is 383 g/mol. The normalized spacial score (nSPS) is 10.6. The van der Waals surface area contributed by atoms with Gasteiger partial charge in [0.1, 0.15) is 11.5 Å². The van der Waals surface area contributed by atoms with Crippen LogP contribution in [0.15, 0.2) is 59.0 Å². The van der Waals surface area contributed by atoms with Gasteiger partial charge in [0.2, 0.25) is 0 Å². The van der Waals surface area contributed by atoms with E-state index in [1.807, 2.05) is 36.4 Å². The number of halogens is 1. The fourth-order valence-electron chi connectivity index (χ4n) is 2.60. The first-order valence-electron chi connectivity index (χ1n) is 7.94. The molecule has 0 bridgehead atoms. The fraction of sp³-hybridized carbons (Fsp3) is 0.0952. The number of hydrogen-bond acceptors (Lipinski definition) is 5. The van der Waals surface area contributed by atoms with E-state index in [4.69, 9.17) is 19.6 Å². The lowest BCUT2D eigenvalue weighted by atomic mass is 10.1. The third-order valence-electron chi connectivity index (χ3n) is 3.90. The summed E-state index contributed by atoms with van der Waals surface area (Å²) in [4.78, 5) is 0. The first kappa shape index (κ1) is 20.0. The van der Waals surface area contributed by atoms with Gasteiger partial charge in [0.15, 0.2) is 11.5 Å². The van der Waals surface area contributed by atoms with Crippen molar-refractivity contribution in [2.24, 2.45) is 0 Å². The molecule has 5 nitrogen and oxygen atoms in total. The van der Waals surface area contributed by atoms with Gasteiger partial charge in [-0.25, -0.2) is 0 Å². The fourth-order valence-corrected chi connectivity index (χ4v) is 2.60. The number of allylic oxidation sites excluding steroid dienone is 1. The molecular formula is C21H19ClN2O3. The van der Waals surface area contributed by atoms with Crippen molar-refractivity contribution in [3.63, 3.8) is 0 Å². The van der Waals surface area contributed by atoms with Crippen LogP contribution in [-0.4, -0.2) is 14.2 Å². The van der Waals surface area contributed by atoms with E-state index in [1.165, 1.54) is 0 Å². The van der Waals surface area contributed by atoms with Gasteiger partial charge in [0, 0.05) is 11.3 Å². The molecule has 3 rings (SSSR count). The van der Waals surface area contributed by atoms with Gasteiger partial charge in [-0.05, 0) is 54.1 Å². The Morgan fingerprint density at radius 2 is 1.81 bits per heavy atom. The van der Waals surface area contributed by atoms with E-state index >= 15 is 0 Å². The molecule has 0 amide bonds. The molecule has 3 aromatic rings. The van der Waals surface area contributed by atoms with E-state index in [0.29, 0.717) is 39.8 Å². The number of hydrogen-bond donors (Lipinski definition) is 1. The SMILES string of the molecule is COc1ccc(C(C#N)=Cc2ccc(-c3cccc(N)c3)o2)cc1OC.Cl. The Labute approximate surface area is 164 Å². The molecule has 1 heterocycles. The maximum Gasteiger partial charge on any atom is 0.161 e. The van der Waals surface area contributed by atoms with Crippen molar-refractivity contribution in [1.82, 2.24) is 0 Å². The predicted molar refractivity (Wildman–Crippen MR) is 109 cm³/mol. The second kappa shape index (κ2) is 8.84. The van der Waals surface area contributed by atoms with Gasteiger partial charge in [-0.3, -0.25) is 0 Å². The first-order chi connectivity index (χ1) is 12.6. The number of anilines is 1. The summed E-state index contributed by atoms with van der Waals surface area (Å²) in [6, 6.07) is 18.6. The molecule has 0 aliphatic rings. The molecule has 0 fully saturated rings. The number of rotatable bonds is 5. The highest BCUT2D eigenvalue weighted by atomic mass is 35.5.